The topological polar surface area (TPSA) is 52.6 Å². The molecule has 0 aliphatic heterocycles. The summed E-state index contributed by atoms with van der Waals surface area (Å²) in [4.78, 5) is 22.1. The average Bonchev–Trinajstić information content (AvgIpc) is 2.64. The quantitative estimate of drug-likeness (QED) is 0.301. The van der Waals surface area contributed by atoms with Crippen molar-refractivity contribution in [2.45, 2.75) is 6.42 Å². The van der Waals surface area contributed by atoms with Crippen molar-refractivity contribution in [2.24, 2.45) is 0 Å². The molecule has 24 heavy (non-hydrogen) atoms. The lowest BCUT2D eigenvalue weighted by atomic mass is 10.0. The minimum Gasteiger partial charge on any atom is -0.493 e. The number of carbonyl (C=O) groups is 2. The van der Waals surface area contributed by atoms with Gasteiger partial charge in [-0.25, -0.2) is 4.79 Å². The summed E-state index contributed by atoms with van der Waals surface area (Å²) >= 11 is 0. The summed E-state index contributed by atoms with van der Waals surface area (Å²) in [7, 11) is 0. The molecule has 0 saturated carbocycles. The summed E-state index contributed by atoms with van der Waals surface area (Å²) < 4.78 is 10.9. The third-order valence-corrected chi connectivity index (χ3v) is 3.64. The van der Waals surface area contributed by atoms with Gasteiger partial charge in [0.1, 0.15) is 11.5 Å². The molecule has 0 spiro atoms. The van der Waals surface area contributed by atoms with Gasteiger partial charge in [-0.15, -0.1) is 0 Å². The van der Waals surface area contributed by atoms with Crippen LogP contribution in [0.5, 0.6) is 11.5 Å². The number of fused-ring (bicyclic) bond motifs is 1. The van der Waals surface area contributed by atoms with Crippen LogP contribution >= 0.6 is 0 Å². The van der Waals surface area contributed by atoms with Crippen LogP contribution in [0, 0.1) is 0 Å². The first-order chi connectivity index (χ1) is 11.8. The Balaban J connectivity index is 1.84. The van der Waals surface area contributed by atoms with E-state index in [-0.39, 0.29) is 6.29 Å². The second-order valence-corrected chi connectivity index (χ2v) is 5.23. The maximum atomic E-state index is 11.5. The zero-order valence-corrected chi connectivity index (χ0v) is 13.0. The van der Waals surface area contributed by atoms with Gasteiger partial charge in [0, 0.05) is 11.8 Å². The van der Waals surface area contributed by atoms with Crippen LogP contribution in [0.1, 0.15) is 5.56 Å². The molecule has 4 nitrogen and oxygen atoms in total. The number of hydrogen-bond donors (Lipinski definition) is 0. The molecule has 0 unspecified atom stereocenters. The molecule has 0 aliphatic carbocycles. The number of benzene rings is 3. The Morgan fingerprint density at radius 2 is 1.67 bits per heavy atom. The lowest BCUT2D eigenvalue weighted by molar-refractivity contribution is -0.141. The molecular formula is C20H16O4. The first-order valence-electron chi connectivity index (χ1n) is 7.63. The van der Waals surface area contributed by atoms with Crippen molar-refractivity contribution in [1.82, 2.24) is 0 Å². The van der Waals surface area contributed by atoms with E-state index in [4.69, 9.17) is 9.47 Å². The summed E-state index contributed by atoms with van der Waals surface area (Å²) in [6.45, 7) is 0.438. The molecule has 0 aromatic heterocycles. The molecule has 0 fully saturated rings. The van der Waals surface area contributed by atoms with Crippen LogP contribution < -0.4 is 9.47 Å². The minimum atomic E-state index is -0.906. The monoisotopic (exact) mass is 320 g/mol. The van der Waals surface area contributed by atoms with E-state index in [2.05, 4.69) is 0 Å². The SMILES string of the molecule is O=CC(=O)Oc1c(CCOc2ccccc2)ccc2ccccc12. The lowest BCUT2D eigenvalue weighted by Gasteiger charge is -2.12. The van der Waals surface area contributed by atoms with E-state index in [1.165, 1.54) is 0 Å². The van der Waals surface area contributed by atoms with Gasteiger partial charge in [-0.05, 0) is 23.1 Å². The molecule has 0 N–H and O–H groups in total. The molecule has 0 amide bonds. The molecule has 0 saturated heterocycles. The molecule has 3 aromatic carbocycles. The van der Waals surface area contributed by atoms with E-state index in [0.29, 0.717) is 18.8 Å². The van der Waals surface area contributed by atoms with Crippen molar-refractivity contribution in [3.05, 3.63) is 72.3 Å². The number of esters is 1. The second kappa shape index (κ2) is 7.42. The highest BCUT2D eigenvalue weighted by atomic mass is 16.5. The number of hydrogen-bond acceptors (Lipinski definition) is 4. The summed E-state index contributed by atoms with van der Waals surface area (Å²) in [5.74, 6) is 0.295. The molecule has 0 radical (unpaired) electrons. The average molecular weight is 320 g/mol. The van der Waals surface area contributed by atoms with Crippen molar-refractivity contribution in [2.75, 3.05) is 6.61 Å². The van der Waals surface area contributed by atoms with Gasteiger partial charge in [0.15, 0.2) is 0 Å². The van der Waals surface area contributed by atoms with Crippen LogP contribution in [0.2, 0.25) is 0 Å². The van der Waals surface area contributed by atoms with Gasteiger partial charge in [0.25, 0.3) is 0 Å². The summed E-state index contributed by atoms with van der Waals surface area (Å²) in [6, 6.07) is 20.9. The van der Waals surface area contributed by atoms with Crippen LogP contribution in [-0.2, 0) is 16.0 Å². The molecule has 0 heterocycles. The molecule has 0 bridgehead atoms. The lowest BCUT2D eigenvalue weighted by Crippen LogP contribution is -2.11. The normalized spacial score (nSPS) is 10.3. The van der Waals surface area contributed by atoms with Gasteiger partial charge in [-0.3, -0.25) is 4.79 Å². The van der Waals surface area contributed by atoms with Crippen LogP contribution in [0.15, 0.2) is 66.7 Å². The van der Waals surface area contributed by atoms with Gasteiger partial charge >= 0.3 is 5.97 Å². The van der Waals surface area contributed by atoms with Crippen LogP contribution in [0.25, 0.3) is 10.8 Å². The first kappa shape index (κ1) is 15.7. The third kappa shape index (κ3) is 3.60. The van der Waals surface area contributed by atoms with Crippen molar-refractivity contribution < 1.29 is 19.1 Å². The predicted molar refractivity (Wildman–Crippen MR) is 91.3 cm³/mol. The molecule has 3 aromatic rings. The number of rotatable bonds is 6. The minimum absolute atomic E-state index is 0.173. The summed E-state index contributed by atoms with van der Waals surface area (Å²) in [5.41, 5.74) is 0.819. The van der Waals surface area contributed by atoms with Crippen molar-refractivity contribution in [1.29, 1.82) is 0 Å². The van der Waals surface area contributed by atoms with Gasteiger partial charge in [0.05, 0.1) is 6.61 Å². The highest BCUT2D eigenvalue weighted by Gasteiger charge is 2.13. The molecule has 0 atom stereocenters. The van der Waals surface area contributed by atoms with Gasteiger partial charge in [-0.1, -0.05) is 54.6 Å². The van der Waals surface area contributed by atoms with E-state index in [1.54, 1.807) is 0 Å². The Kier molecular flexibility index (Phi) is 4.87. The van der Waals surface area contributed by atoms with Gasteiger partial charge in [0.2, 0.25) is 6.29 Å². The zero-order chi connectivity index (χ0) is 16.8. The van der Waals surface area contributed by atoms with Crippen molar-refractivity contribution in [3.8, 4) is 11.5 Å². The largest absolute Gasteiger partial charge is 0.493 e. The second-order valence-electron chi connectivity index (χ2n) is 5.23. The van der Waals surface area contributed by atoms with E-state index in [9.17, 15) is 9.59 Å². The Bertz CT molecular complexity index is 856. The van der Waals surface area contributed by atoms with E-state index >= 15 is 0 Å². The maximum Gasteiger partial charge on any atom is 0.376 e. The smallest absolute Gasteiger partial charge is 0.376 e. The van der Waals surface area contributed by atoms with Crippen LogP contribution in [0.4, 0.5) is 0 Å². The Morgan fingerprint density at radius 1 is 0.917 bits per heavy atom. The van der Waals surface area contributed by atoms with E-state index in [1.807, 2.05) is 66.7 Å². The maximum absolute atomic E-state index is 11.5. The predicted octanol–water partition coefficient (Wildman–Crippen LogP) is 3.57. The first-order valence-corrected chi connectivity index (χ1v) is 7.63. The number of ether oxygens (including phenoxy) is 2. The Hall–Kier alpha value is -3.14. The zero-order valence-electron chi connectivity index (χ0n) is 13.0. The van der Waals surface area contributed by atoms with Crippen LogP contribution in [-0.4, -0.2) is 18.9 Å². The Morgan fingerprint density at radius 3 is 2.46 bits per heavy atom. The molecule has 120 valence electrons. The fourth-order valence-electron chi connectivity index (χ4n) is 2.53. The standard InChI is InChI=1S/C20H16O4/c21-14-19(22)24-20-16(11-10-15-6-4-5-9-18(15)20)12-13-23-17-7-2-1-3-8-17/h1-11,14H,12-13H2. The molecule has 0 aliphatic rings. The van der Waals surface area contributed by atoms with Crippen molar-refractivity contribution in [3.63, 3.8) is 0 Å². The van der Waals surface area contributed by atoms with Crippen LogP contribution in [0.3, 0.4) is 0 Å². The Labute approximate surface area is 139 Å². The molecular weight excluding hydrogens is 304 g/mol. The van der Waals surface area contributed by atoms with E-state index in [0.717, 1.165) is 22.1 Å². The fourth-order valence-corrected chi connectivity index (χ4v) is 2.53. The van der Waals surface area contributed by atoms with Gasteiger partial charge in [-0.2, -0.15) is 0 Å². The molecule has 4 heteroatoms. The fraction of sp³-hybridized carbons (Fsp3) is 0.100. The number of para-hydroxylation sites is 1. The number of aldehydes is 1. The summed E-state index contributed by atoms with van der Waals surface area (Å²) in [5, 5.41) is 1.74. The highest BCUT2D eigenvalue weighted by molar-refractivity contribution is 6.21. The molecule has 3 rings (SSSR count). The van der Waals surface area contributed by atoms with Gasteiger partial charge < -0.3 is 9.47 Å². The summed E-state index contributed by atoms with van der Waals surface area (Å²) in [6.07, 6.45) is 0.729. The third-order valence-electron chi connectivity index (χ3n) is 3.64. The van der Waals surface area contributed by atoms with E-state index < -0.39 is 5.97 Å². The highest BCUT2D eigenvalue weighted by Crippen LogP contribution is 2.30. The van der Waals surface area contributed by atoms with Crippen molar-refractivity contribution >= 4 is 23.0 Å². The number of carbonyl (C=O) groups excluding carboxylic acids is 2.